The number of carbonyl (C=O) groups is 1. The molecule has 1 aromatic rings. The Morgan fingerprint density at radius 3 is 2.71 bits per heavy atom. The van der Waals surface area contributed by atoms with Crippen LogP contribution in [0.2, 0.25) is 0 Å². The summed E-state index contributed by atoms with van der Waals surface area (Å²) in [4.78, 5) is 11.1. The third-order valence-electron chi connectivity index (χ3n) is 2.20. The third-order valence-corrected chi connectivity index (χ3v) is 2.20. The Kier molecular flexibility index (Phi) is 3.99. The average molecular weight is 240 g/mol. The van der Waals surface area contributed by atoms with Gasteiger partial charge in [-0.3, -0.25) is 5.32 Å². The van der Waals surface area contributed by atoms with Crippen LogP contribution in [-0.4, -0.2) is 13.2 Å². The van der Waals surface area contributed by atoms with E-state index in [9.17, 15) is 13.6 Å². The van der Waals surface area contributed by atoms with Crippen LogP contribution >= 0.6 is 0 Å². The Morgan fingerprint density at radius 1 is 1.59 bits per heavy atom. The van der Waals surface area contributed by atoms with Gasteiger partial charge in [-0.1, -0.05) is 6.92 Å². The molecule has 6 heteroatoms. The van der Waals surface area contributed by atoms with Gasteiger partial charge in [0.15, 0.2) is 11.6 Å². The molecule has 90 valence electrons. The lowest BCUT2D eigenvalue weighted by atomic mass is 10.0. The van der Waals surface area contributed by atoms with Gasteiger partial charge in [0.25, 0.3) is 0 Å². The van der Waals surface area contributed by atoms with E-state index in [1.54, 1.807) is 13.0 Å². The summed E-state index contributed by atoms with van der Waals surface area (Å²) in [5.74, 6) is -2.19. The van der Waals surface area contributed by atoms with Crippen LogP contribution in [0.1, 0.15) is 18.1 Å². The molecule has 0 atom stereocenters. The number of amides is 1. The molecule has 1 amide bonds. The number of anilines is 1. The van der Waals surface area contributed by atoms with Crippen molar-refractivity contribution in [3.63, 3.8) is 0 Å². The molecule has 17 heavy (non-hydrogen) atoms. The van der Waals surface area contributed by atoms with E-state index < -0.39 is 17.7 Å². The van der Waals surface area contributed by atoms with Crippen LogP contribution in [0.4, 0.5) is 19.3 Å². The maximum absolute atomic E-state index is 13.5. The zero-order valence-corrected chi connectivity index (χ0v) is 9.30. The van der Waals surface area contributed by atoms with E-state index in [0.717, 1.165) is 13.2 Å². The summed E-state index contributed by atoms with van der Waals surface area (Å²) in [6.45, 7) is 1.58. The van der Waals surface area contributed by atoms with Crippen LogP contribution in [0.5, 0.6) is 0 Å². The number of ether oxygens (including phenoxy) is 1. The smallest absolute Gasteiger partial charge is 0.411 e. The molecule has 0 spiro atoms. The van der Waals surface area contributed by atoms with Crippen LogP contribution in [0.25, 0.3) is 0 Å². The summed E-state index contributed by atoms with van der Waals surface area (Å²) in [6, 6.07) is 2.43. The van der Waals surface area contributed by atoms with Crippen molar-refractivity contribution < 1.29 is 18.3 Å². The van der Waals surface area contributed by atoms with Crippen LogP contribution in [-0.2, 0) is 11.2 Å². The molecular weight excluding hydrogens is 230 g/mol. The van der Waals surface area contributed by atoms with Crippen molar-refractivity contribution in [1.82, 2.24) is 0 Å². The quantitative estimate of drug-likeness (QED) is 0.864. The number of nitrogens with one attached hydrogen (secondary N) is 1. The summed E-state index contributed by atoms with van der Waals surface area (Å²) in [7, 11) is 1.13. The van der Waals surface area contributed by atoms with Gasteiger partial charge in [-0.15, -0.1) is 0 Å². The van der Waals surface area contributed by atoms with Gasteiger partial charge in [-0.25, -0.2) is 13.6 Å². The highest BCUT2D eigenvalue weighted by Gasteiger charge is 2.19. The fraction of sp³-hybridized carbons (Fsp3) is 0.273. The van der Waals surface area contributed by atoms with Gasteiger partial charge in [0.05, 0.1) is 18.4 Å². The first-order chi connectivity index (χ1) is 8.04. The summed E-state index contributed by atoms with van der Waals surface area (Å²) in [5, 5.41) is 11.0. The summed E-state index contributed by atoms with van der Waals surface area (Å²) >= 11 is 0. The molecule has 0 heterocycles. The minimum atomic E-state index is -1.12. The number of benzene rings is 1. The largest absolute Gasteiger partial charge is 0.453 e. The lowest BCUT2D eigenvalue weighted by molar-refractivity contribution is 0.187. The Bertz CT molecular complexity index is 495. The topological polar surface area (TPSA) is 62.1 Å². The van der Waals surface area contributed by atoms with Crippen molar-refractivity contribution in [1.29, 1.82) is 5.26 Å². The molecule has 0 aliphatic rings. The number of nitriles is 1. The lowest BCUT2D eigenvalue weighted by Gasteiger charge is -2.12. The number of nitrogens with zero attached hydrogens (tertiary/aromatic N) is 1. The van der Waals surface area contributed by atoms with E-state index >= 15 is 0 Å². The van der Waals surface area contributed by atoms with Crippen LogP contribution in [0.3, 0.4) is 0 Å². The predicted molar refractivity (Wildman–Crippen MR) is 56.5 cm³/mol. The van der Waals surface area contributed by atoms with Crippen molar-refractivity contribution >= 4 is 11.8 Å². The van der Waals surface area contributed by atoms with Gasteiger partial charge in [0.2, 0.25) is 0 Å². The average Bonchev–Trinajstić information content (AvgIpc) is 2.33. The second kappa shape index (κ2) is 5.25. The second-order valence-corrected chi connectivity index (χ2v) is 3.16. The minimum absolute atomic E-state index is 0.0549. The molecule has 0 radical (unpaired) electrons. The molecule has 0 bridgehead atoms. The summed E-state index contributed by atoms with van der Waals surface area (Å²) in [5.41, 5.74) is -0.265. The molecule has 0 saturated heterocycles. The first-order valence-corrected chi connectivity index (χ1v) is 4.81. The monoisotopic (exact) mass is 240 g/mol. The Morgan fingerprint density at radius 2 is 2.24 bits per heavy atom. The van der Waals surface area contributed by atoms with Crippen LogP contribution < -0.4 is 5.32 Å². The van der Waals surface area contributed by atoms with E-state index in [1.165, 1.54) is 0 Å². The maximum atomic E-state index is 13.5. The number of rotatable bonds is 2. The number of hydrogen-bond donors (Lipinski definition) is 1. The molecule has 0 aromatic heterocycles. The highest BCUT2D eigenvalue weighted by atomic mass is 19.2. The lowest BCUT2D eigenvalue weighted by Crippen LogP contribution is -2.15. The fourth-order valence-corrected chi connectivity index (χ4v) is 1.39. The second-order valence-electron chi connectivity index (χ2n) is 3.16. The van der Waals surface area contributed by atoms with Gasteiger partial charge in [0, 0.05) is 5.56 Å². The molecule has 4 nitrogen and oxygen atoms in total. The van der Waals surface area contributed by atoms with Gasteiger partial charge < -0.3 is 4.74 Å². The van der Waals surface area contributed by atoms with E-state index in [4.69, 9.17) is 5.26 Å². The number of hydrogen-bond acceptors (Lipinski definition) is 3. The third kappa shape index (κ3) is 2.50. The normalized spacial score (nSPS) is 9.59. The Balaban J connectivity index is 3.39. The van der Waals surface area contributed by atoms with E-state index in [-0.39, 0.29) is 23.2 Å². The van der Waals surface area contributed by atoms with E-state index in [1.807, 2.05) is 0 Å². The van der Waals surface area contributed by atoms with Crippen molar-refractivity contribution in [3.05, 3.63) is 28.8 Å². The Labute approximate surface area is 96.8 Å². The standard InChI is InChI=1S/C11H10F2N2O2/c1-3-7-9(13)8(12)4-6(5-14)10(7)15-11(16)17-2/h4H,3H2,1-2H3,(H,15,16). The molecular formula is C11H10F2N2O2. The van der Waals surface area contributed by atoms with Crippen molar-refractivity contribution in [3.8, 4) is 6.07 Å². The van der Waals surface area contributed by atoms with Gasteiger partial charge in [0.1, 0.15) is 6.07 Å². The van der Waals surface area contributed by atoms with E-state index in [2.05, 4.69) is 10.1 Å². The van der Waals surface area contributed by atoms with Gasteiger partial charge in [-0.2, -0.15) is 5.26 Å². The molecule has 0 fully saturated rings. The molecule has 1 aromatic carbocycles. The molecule has 1 N–H and O–H groups in total. The first kappa shape index (κ1) is 12.9. The molecule has 0 unspecified atom stereocenters. The zero-order chi connectivity index (χ0) is 13.0. The van der Waals surface area contributed by atoms with E-state index in [0.29, 0.717) is 0 Å². The number of halogens is 2. The predicted octanol–water partition coefficient (Wildman–Crippen LogP) is 2.58. The van der Waals surface area contributed by atoms with Gasteiger partial charge >= 0.3 is 6.09 Å². The zero-order valence-electron chi connectivity index (χ0n) is 9.30. The first-order valence-electron chi connectivity index (χ1n) is 4.81. The summed E-state index contributed by atoms with van der Waals surface area (Å²) in [6.07, 6.45) is -0.709. The molecule has 0 aliphatic heterocycles. The van der Waals surface area contributed by atoms with Crippen LogP contribution in [0, 0.1) is 23.0 Å². The van der Waals surface area contributed by atoms with Crippen molar-refractivity contribution in [2.24, 2.45) is 0 Å². The Hall–Kier alpha value is -2.16. The van der Waals surface area contributed by atoms with Crippen molar-refractivity contribution in [2.75, 3.05) is 12.4 Å². The number of methoxy groups -OCH3 is 1. The fourth-order valence-electron chi connectivity index (χ4n) is 1.39. The SMILES string of the molecule is CCc1c(F)c(F)cc(C#N)c1NC(=O)OC. The minimum Gasteiger partial charge on any atom is -0.453 e. The summed E-state index contributed by atoms with van der Waals surface area (Å²) < 4.78 is 30.9. The highest BCUT2D eigenvalue weighted by molar-refractivity contribution is 5.87. The van der Waals surface area contributed by atoms with Crippen LogP contribution in [0.15, 0.2) is 6.07 Å². The molecule has 0 saturated carbocycles. The number of carbonyl (C=O) groups excluding carboxylic acids is 1. The molecule has 1 rings (SSSR count). The molecule has 0 aliphatic carbocycles. The maximum Gasteiger partial charge on any atom is 0.411 e. The highest BCUT2D eigenvalue weighted by Crippen LogP contribution is 2.26. The van der Waals surface area contributed by atoms with Crippen molar-refractivity contribution in [2.45, 2.75) is 13.3 Å². The van der Waals surface area contributed by atoms with Gasteiger partial charge in [-0.05, 0) is 12.5 Å².